The zero-order valence-corrected chi connectivity index (χ0v) is 21.2. The van der Waals surface area contributed by atoms with Gasteiger partial charge in [0.05, 0.1) is 23.3 Å². The Kier molecular flexibility index (Phi) is 7.72. The van der Waals surface area contributed by atoms with Crippen molar-refractivity contribution in [3.8, 4) is 11.5 Å². The van der Waals surface area contributed by atoms with Crippen LogP contribution in [0.3, 0.4) is 0 Å². The summed E-state index contributed by atoms with van der Waals surface area (Å²) in [6.07, 6.45) is -4.45. The molecule has 0 radical (unpaired) electrons. The molecule has 1 saturated heterocycles. The van der Waals surface area contributed by atoms with Crippen molar-refractivity contribution in [2.24, 2.45) is 0 Å². The third-order valence-corrected chi connectivity index (χ3v) is 7.99. The first-order valence-corrected chi connectivity index (χ1v) is 13.3. The van der Waals surface area contributed by atoms with Crippen LogP contribution in [0, 0.1) is 0 Å². The molecule has 0 aromatic heterocycles. The molecule has 0 saturated carbocycles. The van der Waals surface area contributed by atoms with Gasteiger partial charge in [0.15, 0.2) is 0 Å². The molecule has 0 amide bonds. The molecule has 192 valence electrons. The van der Waals surface area contributed by atoms with Crippen LogP contribution in [0.25, 0.3) is 0 Å². The number of rotatable bonds is 8. The molecule has 4 rings (SSSR count). The van der Waals surface area contributed by atoms with Gasteiger partial charge in [0.1, 0.15) is 17.6 Å². The number of alkyl halides is 3. The maximum absolute atomic E-state index is 13.5. The van der Waals surface area contributed by atoms with E-state index in [9.17, 15) is 21.6 Å². The van der Waals surface area contributed by atoms with Gasteiger partial charge in [-0.05, 0) is 68.1 Å². The van der Waals surface area contributed by atoms with Crippen molar-refractivity contribution in [1.29, 1.82) is 0 Å². The van der Waals surface area contributed by atoms with Crippen LogP contribution in [0.1, 0.15) is 12.0 Å². The monoisotopic (exact) mass is 538 g/mol. The largest absolute Gasteiger partial charge is 0.497 e. The van der Waals surface area contributed by atoms with E-state index >= 15 is 0 Å². The fourth-order valence-corrected chi connectivity index (χ4v) is 5.71. The first-order chi connectivity index (χ1) is 17.0. The predicted octanol–water partition coefficient (Wildman–Crippen LogP) is 5.75. The van der Waals surface area contributed by atoms with Crippen molar-refractivity contribution in [3.63, 3.8) is 0 Å². The van der Waals surface area contributed by atoms with Gasteiger partial charge in [-0.2, -0.15) is 13.2 Å². The number of nitrogens with zero attached hydrogens (tertiary/aromatic N) is 1. The smallest absolute Gasteiger partial charge is 0.419 e. The Morgan fingerprint density at radius 3 is 2.42 bits per heavy atom. The molecule has 0 bridgehead atoms. The number of hydrogen-bond donors (Lipinski definition) is 1. The number of hydrogen-bond acceptors (Lipinski definition) is 6. The summed E-state index contributed by atoms with van der Waals surface area (Å²) in [5.41, 5.74) is -0.960. The summed E-state index contributed by atoms with van der Waals surface area (Å²) < 4.78 is 79.7. The Morgan fingerprint density at radius 2 is 1.78 bits per heavy atom. The topological polar surface area (TPSA) is 67.9 Å². The number of nitrogens with one attached hydrogen (secondary N) is 1. The summed E-state index contributed by atoms with van der Waals surface area (Å²) in [4.78, 5) is 3.68. The third-order valence-electron chi connectivity index (χ3n) is 5.59. The van der Waals surface area contributed by atoms with E-state index in [1.54, 1.807) is 19.2 Å². The maximum Gasteiger partial charge on any atom is 0.419 e. The second-order valence-electron chi connectivity index (χ2n) is 8.36. The molecule has 1 aliphatic heterocycles. The Labute approximate surface area is 212 Å². The lowest BCUT2D eigenvalue weighted by atomic mass is 10.1. The van der Waals surface area contributed by atoms with Crippen molar-refractivity contribution < 1.29 is 31.1 Å². The van der Waals surface area contributed by atoms with E-state index in [0.29, 0.717) is 25.3 Å². The van der Waals surface area contributed by atoms with E-state index < -0.39 is 33.6 Å². The first kappa shape index (κ1) is 26.2. The van der Waals surface area contributed by atoms with E-state index in [1.165, 1.54) is 23.9 Å². The standard InChI is InChI=1S/C25H25F3N2O4S2/c1-30-13-12-19(16-30)34-24-14-17(6-11-23(24)25(26,27)28)29-36(31,32)22-9-7-20(8-10-22)35-21-5-3-4-18(15-21)33-2/h3-11,14-15,19,29H,12-13,16H2,1-2H3/t19-/m1/s1. The molecule has 0 aliphatic carbocycles. The third kappa shape index (κ3) is 6.45. The highest BCUT2D eigenvalue weighted by Gasteiger charge is 2.36. The molecular formula is C25H25F3N2O4S2. The second kappa shape index (κ2) is 10.6. The highest BCUT2D eigenvalue weighted by atomic mass is 32.2. The van der Waals surface area contributed by atoms with Crippen LogP contribution < -0.4 is 14.2 Å². The number of benzene rings is 3. The minimum absolute atomic E-state index is 0.0146. The number of likely N-dealkylation sites (N-methyl/N-ethyl adjacent to an activating group) is 1. The van der Waals surface area contributed by atoms with Crippen molar-refractivity contribution in [1.82, 2.24) is 4.90 Å². The van der Waals surface area contributed by atoms with E-state index in [0.717, 1.165) is 28.0 Å². The van der Waals surface area contributed by atoms with Crippen molar-refractivity contribution in [3.05, 3.63) is 72.3 Å². The van der Waals surface area contributed by atoms with E-state index in [4.69, 9.17) is 9.47 Å². The molecule has 1 aliphatic rings. The highest BCUT2D eigenvalue weighted by Crippen LogP contribution is 2.39. The lowest BCUT2D eigenvalue weighted by Crippen LogP contribution is -2.23. The van der Waals surface area contributed by atoms with Crippen molar-refractivity contribution in [2.45, 2.75) is 33.4 Å². The number of likely N-dealkylation sites (tertiary alicyclic amines) is 1. The van der Waals surface area contributed by atoms with Gasteiger partial charge in [0, 0.05) is 28.9 Å². The summed E-state index contributed by atoms with van der Waals surface area (Å²) in [5.74, 6) is 0.316. The van der Waals surface area contributed by atoms with Gasteiger partial charge < -0.3 is 14.4 Å². The van der Waals surface area contributed by atoms with Crippen LogP contribution in [0.5, 0.6) is 11.5 Å². The molecule has 1 fully saturated rings. The molecule has 1 heterocycles. The van der Waals surface area contributed by atoms with Gasteiger partial charge in [-0.25, -0.2) is 8.42 Å². The maximum atomic E-state index is 13.5. The van der Waals surface area contributed by atoms with Crippen LogP contribution in [0.2, 0.25) is 0 Å². The van der Waals surface area contributed by atoms with Crippen LogP contribution >= 0.6 is 11.8 Å². The summed E-state index contributed by atoms with van der Waals surface area (Å²) in [6, 6.07) is 16.7. The minimum atomic E-state index is -4.63. The van der Waals surface area contributed by atoms with E-state index in [-0.39, 0.29) is 10.6 Å². The quantitative estimate of drug-likeness (QED) is 0.394. The molecule has 3 aromatic rings. The number of anilines is 1. The molecular weight excluding hydrogens is 513 g/mol. The number of halogens is 3. The number of ether oxygens (including phenoxy) is 2. The van der Waals surface area contributed by atoms with Crippen LogP contribution in [0.4, 0.5) is 18.9 Å². The first-order valence-electron chi connectivity index (χ1n) is 11.0. The van der Waals surface area contributed by atoms with E-state index in [1.807, 2.05) is 36.2 Å². The van der Waals surface area contributed by atoms with Gasteiger partial charge >= 0.3 is 6.18 Å². The summed E-state index contributed by atoms with van der Waals surface area (Å²) >= 11 is 1.44. The summed E-state index contributed by atoms with van der Waals surface area (Å²) in [7, 11) is -0.600. The van der Waals surface area contributed by atoms with Gasteiger partial charge in [-0.3, -0.25) is 4.72 Å². The number of methoxy groups -OCH3 is 1. The fourth-order valence-electron chi connectivity index (χ4n) is 3.79. The SMILES string of the molecule is COc1cccc(Sc2ccc(S(=O)(=O)Nc3ccc(C(F)(F)F)c(O[C@@H]4CCN(C)C4)c3)cc2)c1. The molecule has 36 heavy (non-hydrogen) atoms. The predicted molar refractivity (Wildman–Crippen MR) is 132 cm³/mol. The Bertz CT molecular complexity index is 1320. The van der Waals surface area contributed by atoms with Gasteiger partial charge in [-0.15, -0.1) is 0 Å². The molecule has 1 atom stereocenters. The minimum Gasteiger partial charge on any atom is -0.497 e. The zero-order valence-electron chi connectivity index (χ0n) is 19.6. The molecule has 3 aromatic carbocycles. The molecule has 0 unspecified atom stereocenters. The Balaban J connectivity index is 1.51. The molecule has 0 spiro atoms. The second-order valence-corrected chi connectivity index (χ2v) is 11.2. The average Bonchev–Trinajstić information content (AvgIpc) is 3.23. The Morgan fingerprint density at radius 1 is 1.03 bits per heavy atom. The van der Waals surface area contributed by atoms with Crippen molar-refractivity contribution >= 4 is 27.5 Å². The Hall–Kier alpha value is -2.89. The molecule has 1 N–H and O–H groups in total. The van der Waals surface area contributed by atoms with Gasteiger partial charge in [0.25, 0.3) is 10.0 Å². The average molecular weight is 539 g/mol. The van der Waals surface area contributed by atoms with Gasteiger partial charge in [0.2, 0.25) is 0 Å². The molecule has 6 nitrogen and oxygen atoms in total. The number of sulfonamides is 1. The van der Waals surface area contributed by atoms with Crippen LogP contribution in [-0.2, 0) is 16.2 Å². The molecule has 11 heteroatoms. The van der Waals surface area contributed by atoms with Crippen LogP contribution in [0.15, 0.2) is 81.4 Å². The zero-order chi connectivity index (χ0) is 25.9. The van der Waals surface area contributed by atoms with Crippen LogP contribution in [-0.4, -0.2) is 46.7 Å². The van der Waals surface area contributed by atoms with Crippen molar-refractivity contribution in [2.75, 3.05) is 32.0 Å². The summed E-state index contributed by atoms with van der Waals surface area (Å²) in [6.45, 7) is 1.21. The lowest BCUT2D eigenvalue weighted by molar-refractivity contribution is -0.139. The van der Waals surface area contributed by atoms with Gasteiger partial charge in [-0.1, -0.05) is 17.8 Å². The summed E-state index contributed by atoms with van der Waals surface area (Å²) in [5, 5.41) is 0. The highest BCUT2D eigenvalue weighted by molar-refractivity contribution is 7.99. The lowest BCUT2D eigenvalue weighted by Gasteiger charge is -2.19. The van der Waals surface area contributed by atoms with E-state index in [2.05, 4.69) is 4.72 Å². The fraction of sp³-hybridized carbons (Fsp3) is 0.280. The normalized spacial score (nSPS) is 16.6.